The molecule has 29 heavy (non-hydrogen) atoms. The Kier molecular flexibility index (Phi) is 4.91. The maximum atomic E-state index is 12.6. The number of carbonyl (C=O) groups is 1. The van der Waals surface area contributed by atoms with Gasteiger partial charge in [0.05, 0.1) is 12.3 Å². The van der Waals surface area contributed by atoms with E-state index in [2.05, 4.69) is 20.3 Å². The number of nitrogens with one attached hydrogen (secondary N) is 1. The fourth-order valence-corrected chi connectivity index (χ4v) is 3.37. The number of hydrogen-bond acceptors (Lipinski definition) is 8. The van der Waals surface area contributed by atoms with Gasteiger partial charge < -0.3 is 9.84 Å². The second kappa shape index (κ2) is 7.53. The molecule has 3 aromatic heterocycles. The molecule has 0 aliphatic carbocycles. The van der Waals surface area contributed by atoms with Crippen molar-refractivity contribution in [3.05, 3.63) is 75.1 Å². The first-order valence-corrected chi connectivity index (χ1v) is 9.02. The minimum Gasteiger partial charge on any atom is -0.388 e. The van der Waals surface area contributed by atoms with E-state index >= 15 is 0 Å². The van der Waals surface area contributed by atoms with Crippen LogP contribution in [0.1, 0.15) is 41.8 Å². The Bertz CT molecular complexity index is 1140. The van der Waals surface area contributed by atoms with Crippen LogP contribution in [0.5, 0.6) is 0 Å². The van der Waals surface area contributed by atoms with Crippen molar-refractivity contribution in [3.63, 3.8) is 0 Å². The molecule has 4 heterocycles. The highest BCUT2D eigenvalue weighted by Crippen LogP contribution is 2.38. The fraction of sp³-hybridized carbons (Fsp3) is 0.333. The van der Waals surface area contributed by atoms with Gasteiger partial charge in [0, 0.05) is 18.5 Å². The van der Waals surface area contributed by atoms with Crippen molar-refractivity contribution < 1.29 is 14.6 Å². The lowest BCUT2D eigenvalue weighted by atomic mass is 10.1. The molecular formula is C18H18N6O5. The normalized spacial score (nSPS) is 23.9. The highest BCUT2D eigenvalue weighted by Gasteiger charge is 2.46. The van der Waals surface area contributed by atoms with E-state index < -0.39 is 41.5 Å². The van der Waals surface area contributed by atoms with Gasteiger partial charge >= 0.3 is 5.69 Å². The third-order valence-corrected chi connectivity index (χ3v) is 4.81. The van der Waals surface area contributed by atoms with Crippen LogP contribution in [-0.4, -0.2) is 52.6 Å². The highest BCUT2D eigenvalue weighted by molar-refractivity contribution is 6.06. The number of aliphatic hydroxyl groups excluding tert-OH is 1. The van der Waals surface area contributed by atoms with E-state index in [1.165, 1.54) is 33.9 Å². The molecule has 4 rings (SSSR count). The number of carbonyl (C=O) groups excluding carboxylic acids is 1. The van der Waals surface area contributed by atoms with Gasteiger partial charge in [0.1, 0.15) is 17.8 Å². The van der Waals surface area contributed by atoms with E-state index in [4.69, 9.17) is 4.74 Å². The van der Waals surface area contributed by atoms with E-state index in [0.717, 1.165) is 0 Å². The van der Waals surface area contributed by atoms with Crippen LogP contribution in [0.15, 0.2) is 52.4 Å². The molecule has 0 aromatic carbocycles. The zero-order chi connectivity index (χ0) is 20.5. The van der Waals surface area contributed by atoms with Crippen LogP contribution < -0.4 is 11.2 Å². The number of H-pyrrole nitrogens is 1. The van der Waals surface area contributed by atoms with E-state index in [1.54, 1.807) is 18.2 Å². The Morgan fingerprint density at radius 1 is 1.28 bits per heavy atom. The third kappa shape index (κ3) is 3.41. The first kappa shape index (κ1) is 18.9. The average molecular weight is 398 g/mol. The Morgan fingerprint density at radius 3 is 2.79 bits per heavy atom. The number of aliphatic hydroxyl groups is 1. The summed E-state index contributed by atoms with van der Waals surface area (Å²) in [6.07, 6.45) is 2.14. The molecule has 1 saturated heterocycles. The van der Waals surface area contributed by atoms with E-state index in [9.17, 15) is 19.5 Å². The summed E-state index contributed by atoms with van der Waals surface area (Å²) < 4.78 is 8.33. The van der Waals surface area contributed by atoms with Crippen molar-refractivity contribution in [1.82, 2.24) is 29.5 Å². The summed E-state index contributed by atoms with van der Waals surface area (Å²) in [6, 6.07) is 5.29. The van der Waals surface area contributed by atoms with Crippen molar-refractivity contribution in [2.45, 2.75) is 37.8 Å². The summed E-state index contributed by atoms with van der Waals surface area (Å²) in [7, 11) is 0. The molecule has 0 saturated carbocycles. The second-order valence-electron chi connectivity index (χ2n) is 6.60. The van der Waals surface area contributed by atoms with Crippen molar-refractivity contribution >= 4 is 5.78 Å². The van der Waals surface area contributed by atoms with Gasteiger partial charge in [-0.05, 0) is 18.6 Å². The topological polar surface area (TPSA) is 145 Å². The fourth-order valence-electron chi connectivity index (χ4n) is 3.37. The molecule has 4 atom stereocenters. The molecule has 11 heteroatoms. The van der Waals surface area contributed by atoms with Crippen molar-refractivity contribution in [1.29, 1.82) is 0 Å². The van der Waals surface area contributed by atoms with Crippen LogP contribution in [0.3, 0.4) is 0 Å². The van der Waals surface area contributed by atoms with Gasteiger partial charge in [-0.15, -0.1) is 5.10 Å². The van der Waals surface area contributed by atoms with Crippen LogP contribution in [-0.2, 0) is 4.74 Å². The maximum Gasteiger partial charge on any atom is 0.330 e. The minimum atomic E-state index is -1.01. The summed E-state index contributed by atoms with van der Waals surface area (Å²) in [5.41, 5.74) is -0.968. The smallest absolute Gasteiger partial charge is 0.330 e. The molecule has 1 unspecified atom stereocenters. The largest absolute Gasteiger partial charge is 0.388 e. The first-order valence-electron chi connectivity index (χ1n) is 9.02. The van der Waals surface area contributed by atoms with Crippen LogP contribution in [0.2, 0.25) is 0 Å². The van der Waals surface area contributed by atoms with Gasteiger partial charge in [-0.1, -0.05) is 18.2 Å². The molecule has 0 amide bonds. The van der Waals surface area contributed by atoms with Gasteiger partial charge in [-0.25, -0.2) is 9.48 Å². The number of hydrogen-bond donors (Lipinski definition) is 2. The van der Waals surface area contributed by atoms with E-state index in [1.807, 2.05) is 6.92 Å². The average Bonchev–Trinajstić information content (AvgIpc) is 3.32. The van der Waals surface area contributed by atoms with Crippen LogP contribution in [0.4, 0.5) is 0 Å². The minimum absolute atomic E-state index is 0.0448. The summed E-state index contributed by atoms with van der Waals surface area (Å²) in [4.78, 5) is 42.3. The zero-order valence-electron chi connectivity index (χ0n) is 15.4. The van der Waals surface area contributed by atoms with Gasteiger partial charge in [0.15, 0.2) is 11.9 Å². The zero-order valence-corrected chi connectivity index (χ0v) is 15.4. The molecule has 3 aromatic rings. The standard InChI is InChI=1S/C18H18N6O5/c1-2-12-16(27)14(17(29-12)23-8-6-13(25)20-18(23)28)24-9-11(21-22-24)15(26)10-5-3-4-7-19-10/h3-9,12,14,16-17,27H,2H2,1H3,(H,20,25,28)/t12-,14+,16?,17-/m1/s1. The first-order chi connectivity index (χ1) is 14.0. The van der Waals surface area contributed by atoms with Gasteiger partial charge in [-0.2, -0.15) is 0 Å². The van der Waals surface area contributed by atoms with Crippen molar-refractivity contribution in [2.24, 2.45) is 0 Å². The Morgan fingerprint density at radius 2 is 2.10 bits per heavy atom. The number of rotatable bonds is 5. The monoisotopic (exact) mass is 398 g/mol. The van der Waals surface area contributed by atoms with Gasteiger partial charge in [-0.3, -0.25) is 24.1 Å². The molecule has 2 N–H and O–H groups in total. The molecular weight excluding hydrogens is 380 g/mol. The highest BCUT2D eigenvalue weighted by atomic mass is 16.5. The summed E-state index contributed by atoms with van der Waals surface area (Å²) >= 11 is 0. The summed E-state index contributed by atoms with van der Waals surface area (Å²) in [5.74, 6) is -0.421. The molecule has 11 nitrogen and oxygen atoms in total. The van der Waals surface area contributed by atoms with Gasteiger partial charge in [0.25, 0.3) is 5.56 Å². The second-order valence-corrected chi connectivity index (χ2v) is 6.60. The predicted octanol–water partition coefficient (Wildman–Crippen LogP) is -0.336. The van der Waals surface area contributed by atoms with Crippen LogP contribution >= 0.6 is 0 Å². The number of nitrogens with zero attached hydrogens (tertiary/aromatic N) is 5. The van der Waals surface area contributed by atoms with E-state index in [0.29, 0.717) is 6.42 Å². The third-order valence-electron chi connectivity index (χ3n) is 4.81. The van der Waals surface area contributed by atoms with E-state index in [-0.39, 0.29) is 11.4 Å². The number of aromatic amines is 1. The Hall–Kier alpha value is -3.44. The summed E-state index contributed by atoms with van der Waals surface area (Å²) in [5, 5.41) is 18.6. The molecule has 0 bridgehead atoms. The molecule has 0 radical (unpaired) electrons. The lowest BCUT2D eigenvalue weighted by Gasteiger charge is -2.21. The number of aromatic nitrogens is 6. The quantitative estimate of drug-likeness (QED) is 0.556. The van der Waals surface area contributed by atoms with Crippen LogP contribution in [0, 0.1) is 0 Å². The summed E-state index contributed by atoms with van der Waals surface area (Å²) in [6.45, 7) is 1.83. The number of pyridine rings is 1. The molecule has 1 fully saturated rings. The molecule has 150 valence electrons. The SMILES string of the molecule is CC[C@H]1O[C@@H](n2ccc(=O)[nH]c2=O)[C@@H](n2cc(C(=O)c3ccccn3)nn2)C1O. The Labute approximate surface area is 163 Å². The van der Waals surface area contributed by atoms with Gasteiger partial charge in [0.2, 0.25) is 5.78 Å². The number of ketones is 1. The number of ether oxygens (including phenoxy) is 1. The van der Waals surface area contributed by atoms with Crippen molar-refractivity contribution in [2.75, 3.05) is 0 Å². The lowest BCUT2D eigenvalue weighted by Crippen LogP contribution is -2.36. The predicted molar refractivity (Wildman–Crippen MR) is 98.3 cm³/mol. The Balaban J connectivity index is 1.71. The van der Waals surface area contributed by atoms with Crippen molar-refractivity contribution in [3.8, 4) is 0 Å². The molecule has 0 spiro atoms. The van der Waals surface area contributed by atoms with Crippen LogP contribution in [0.25, 0.3) is 0 Å². The molecule has 1 aliphatic rings. The lowest BCUT2D eigenvalue weighted by molar-refractivity contribution is -0.0256. The maximum absolute atomic E-state index is 12.6. The molecule has 1 aliphatic heterocycles.